The first-order chi connectivity index (χ1) is 22.2. The third kappa shape index (κ3) is 6.72. The van der Waals surface area contributed by atoms with E-state index in [1.165, 1.54) is 16.7 Å². The third-order valence-electron chi connectivity index (χ3n) is 7.71. The molecule has 0 N–H and O–H groups in total. The zero-order chi connectivity index (χ0) is 30.4. The summed E-state index contributed by atoms with van der Waals surface area (Å²) in [7, 11) is 0. The summed E-state index contributed by atoms with van der Waals surface area (Å²) in [5.41, 5.74) is 10.9. The van der Waals surface area contributed by atoms with Crippen LogP contribution in [-0.2, 0) is 26.5 Å². The molecule has 0 aliphatic heterocycles. The number of aryl methyl sites for hydroxylation is 1. The first-order valence-electron chi connectivity index (χ1n) is 14.9. The summed E-state index contributed by atoms with van der Waals surface area (Å²) in [6, 6.07) is 51.2. The monoisotopic (exact) mass is 772 g/mol. The van der Waals surface area contributed by atoms with E-state index in [0.29, 0.717) is 5.71 Å². The molecule has 4 nitrogen and oxygen atoms in total. The second-order valence-electron chi connectivity index (χ2n) is 10.8. The number of nitrogens with zero attached hydrogens (tertiary/aromatic N) is 3. The van der Waals surface area contributed by atoms with Gasteiger partial charge in [-0.15, -0.1) is 54.1 Å². The minimum atomic E-state index is 0. The average molecular weight is 772 g/mol. The summed E-state index contributed by atoms with van der Waals surface area (Å²) in [4.78, 5) is 13.7. The Morgan fingerprint density at radius 3 is 2.26 bits per heavy atom. The maximum Gasteiger partial charge on any atom is 0.216 e. The number of pyridine rings is 3. The minimum Gasteiger partial charge on any atom is -0.486 e. The fourth-order valence-corrected chi connectivity index (χ4v) is 5.46. The van der Waals surface area contributed by atoms with Crippen LogP contribution >= 0.6 is 0 Å². The van der Waals surface area contributed by atoms with E-state index >= 15 is 0 Å². The Morgan fingerprint density at radius 2 is 1.46 bits per heavy atom. The number of hydrogen-bond donors (Lipinski definition) is 0. The number of aromatic nitrogens is 3. The van der Waals surface area contributed by atoms with Gasteiger partial charge in [-0.05, 0) is 64.8 Å². The fourth-order valence-electron chi connectivity index (χ4n) is 5.46. The van der Waals surface area contributed by atoms with Crippen molar-refractivity contribution in [2.45, 2.75) is 13.3 Å². The molecule has 0 atom stereocenters. The number of fused-ring (bicyclic) bond motifs is 3. The van der Waals surface area contributed by atoms with Crippen LogP contribution in [0, 0.1) is 19.1 Å². The van der Waals surface area contributed by atoms with Gasteiger partial charge in [0.2, 0.25) is 5.71 Å². The maximum atomic E-state index is 6.30. The van der Waals surface area contributed by atoms with Crippen LogP contribution < -0.4 is 0 Å². The predicted octanol–water partition coefficient (Wildman–Crippen LogP) is 9.96. The molecule has 0 saturated heterocycles. The third-order valence-corrected chi connectivity index (χ3v) is 7.71. The van der Waals surface area contributed by atoms with Crippen LogP contribution in [0.1, 0.15) is 16.8 Å². The van der Waals surface area contributed by atoms with Crippen molar-refractivity contribution in [3.8, 4) is 33.6 Å². The Hall–Kier alpha value is -5.22. The SMILES string of the molecule is Cc1ccccc1-c1ccnc(-c2[c-]ccc3c2oc2nc(Cc4ccccc4)ccc23)c1.[Ir].[c-]1ccccc1-c1ccccn1. The van der Waals surface area contributed by atoms with Crippen molar-refractivity contribution < 1.29 is 24.5 Å². The topological polar surface area (TPSA) is 51.8 Å². The molecule has 0 aliphatic carbocycles. The van der Waals surface area contributed by atoms with E-state index in [9.17, 15) is 0 Å². The molecule has 0 spiro atoms. The van der Waals surface area contributed by atoms with Crippen LogP contribution in [0.2, 0.25) is 0 Å². The molecule has 0 bridgehead atoms. The number of benzene rings is 4. The van der Waals surface area contributed by atoms with Crippen molar-refractivity contribution in [2.24, 2.45) is 0 Å². The Kier molecular flexibility index (Phi) is 9.54. The Balaban J connectivity index is 0.000000241. The summed E-state index contributed by atoms with van der Waals surface area (Å²) in [5.74, 6) is 0. The summed E-state index contributed by atoms with van der Waals surface area (Å²) in [5, 5.41) is 2.03. The molecule has 1 radical (unpaired) electrons. The molecule has 0 saturated carbocycles. The normalized spacial score (nSPS) is 10.6. The second kappa shape index (κ2) is 14.3. The molecule has 0 unspecified atom stereocenters. The Bertz CT molecular complexity index is 2160. The zero-order valence-corrected chi connectivity index (χ0v) is 27.5. The van der Waals surface area contributed by atoms with E-state index in [2.05, 4.69) is 95.8 Å². The largest absolute Gasteiger partial charge is 0.486 e. The van der Waals surface area contributed by atoms with Crippen LogP contribution in [0.15, 0.2) is 150 Å². The van der Waals surface area contributed by atoms with Gasteiger partial charge >= 0.3 is 0 Å². The average Bonchev–Trinajstić information content (AvgIpc) is 3.48. The molecule has 225 valence electrons. The van der Waals surface area contributed by atoms with Crippen molar-refractivity contribution >= 4 is 22.1 Å². The standard InChI is InChI=1S/C30H21N2O.C11H8N.Ir/c1-20-8-5-6-11-24(20)22-16-17-31-28(19-22)27-13-7-12-25-26-15-14-23(32-30(26)33-29(25)27)18-21-9-3-2-4-10-21;1-2-6-10(7-3-1)11-8-4-5-9-12-11;/h2-12,14-17,19H,18H2,1H3;1-6,8-9H;/q2*-1;. The molecule has 0 amide bonds. The Morgan fingerprint density at radius 1 is 0.652 bits per heavy atom. The van der Waals surface area contributed by atoms with Crippen molar-refractivity contribution in [3.05, 3.63) is 175 Å². The molecule has 4 heterocycles. The summed E-state index contributed by atoms with van der Waals surface area (Å²) >= 11 is 0. The first kappa shape index (κ1) is 30.8. The zero-order valence-electron chi connectivity index (χ0n) is 25.1. The predicted molar refractivity (Wildman–Crippen MR) is 182 cm³/mol. The Labute approximate surface area is 282 Å². The molecule has 4 aromatic carbocycles. The quantitative estimate of drug-likeness (QED) is 0.164. The maximum absolute atomic E-state index is 6.30. The molecule has 4 aromatic heterocycles. The van der Waals surface area contributed by atoms with Gasteiger partial charge in [-0.1, -0.05) is 83.7 Å². The van der Waals surface area contributed by atoms with Gasteiger partial charge < -0.3 is 14.4 Å². The molecular weight excluding hydrogens is 743 g/mol. The van der Waals surface area contributed by atoms with E-state index in [0.717, 1.165) is 56.5 Å². The number of furan rings is 1. The van der Waals surface area contributed by atoms with E-state index in [4.69, 9.17) is 9.40 Å². The molecule has 46 heavy (non-hydrogen) atoms. The van der Waals surface area contributed by atoms with E-state index in [1.807, 2.05) is 72.9 Å². The second-order valence-corrected chi connectivity index (χ2v) is 10.8. The van der Waals surface area contributed by atoms with Crippen LogP contribution in [0.4, 0.5) is 0 Å². The van der Waals surface area contributed by atoms with Gasteiger partial charge in [-0.3, -0.25) is 0 Å². The minimum absolute atomic E-state index is 0. The van der Waals surface area contributed by atoms with Gasteiger partial charge in [-0.25, -0.2) is 4.98 Å². The van der Waals surface area contributed by atoms with Gasteiger partial charge in [0.05, 0.1) is 5.58 Å². The van der Waals surface area contributed by atoms with Gasteiger partial charge in [0.15, 0.2) is 0 Å². The first-order valence-corrected chi connectivity index (χ1v) is 14.9. The van der Waals surface area contributed by atoms with Crippen molar-refractivity contribution in [2.75, 3.05) is 0 Å². The van der Waals surface area contributed by atoms with E-state index in [-0.39, 0.29) is 20.1 Å². The molecule has 8 aromatic rings. The molecular formula is C41H29IrN3O-2. The molecule has 5 heteroatoms. The van der Waals surface area contributed by atoms with Crippen LogP contribution in [0.3, 0.4) is 0 Å². The van der Waals surface area contributed by atoms with Crippen molar-refractivity contribution in [1.82, 2.24) is 15.0 Å². The molecule has 0 fully saturated rings. The summed E-state index contributed by atoms with van der Waals surface area (Å²) in [6.45, 7) is 2.13. The van der Waals surface area contributed by atoms with Crippen LogP contribution in [-0.4, -0.2) is 15.0 Å². The van der Waals surface area contributed by atoms with Crippen LogP contribution in [0.5, 0.6) is 0 Å². The van der Waals surface area contributed by atoms with Gasteiger partial charge in [0.25, 0.3) is 0 Å². The van der Waals surface area contributed by atoms with Gasteiger partial charge in [0, 0.05) is 50.0 Å². The summed E-state index contributed by atoms with van der Waals surface area (Å²) in [6.07, 6.45) is 4.41. The van der Waals surface area contributed by atoms with Crippen molar-refractivity contribution in [1.29, 1.82) is 0 Å². The molecule has 0 aliphatic rings. The fraction of sp³-hybridized carbons (Fsp3) is 0.0488. The van der Waals surface area contributed by atoms with E-state index in [1.54, 1.807) is 6.20 Å². The van der Waals surface area contributed by atoms with Crippen LogP contribution in [0.25, 0.3) is 55.7 Å². The number of hydrogen-bond acceptors (Lipinski definition) is 4. The van der Waals surface area contributed by atoms with Gasteiger partial charge in [0.1, 0.15) is 0 Å². The number of rotatable bonds is 5. The van der Waals surface area contributed by atoms with Crippen molar-refractivity contribution in [3.63, 3.8) is 0 Å². The molecule has 8 rings (SSSR count). The van der Waals surface area contributed by atoms with Gasteiger partial charge in [-0.2, -0.15) is 0 Å². The summed E-state index contributed by atoms with van der Waals surface area (Å²) < 4.78 is 6.30. The smallest absolute Gasteiger partial charge is 0.216 e. The van der Waals surface area contributed by atoms with E-state index < -0.39 is 0 Å².